The second-order valence-electron chi connectivity index (χ2n) is 5.34. The summed E-state index contributed by atoms with van der Waals surface area (Å²) in [4.78, 5) is 27.9. The Balaban J connectivity index is 1.98. The van der Waals surface area contributed by atoms with Crippen molar-refractivity contribution in [2.24, 2.45) is 0 Å². The zero-order valence-electron chi connectivity index (χ0n) is 13.3. The Kier molecular flexibility index (Phi) is 5.75. The molecule has 4 N–H and O–H groups in total. The molecule has 8 nitrogen and oxygen atoms in total. The van der Waals surface area contributed by atoms with E-state index >= 15 is 0 Å². The number of benzene rings is 1. The predicted molar refractivity (Wildman–Crippen MR) is 89.7 cm³/mol. The summed E-state index contributed by atoms with van der Waals surface area (Å²) in [6, 6.07) is 4.63. The molecule has 0 aliphatic heterocycles. The van der Waals surface area contributed by atoms with Crippen LogP contribution in [0.5, 0.6) is 0 Å². The number of hydrogen-bond acceptors (Lipinski definition) is 6. The maximum Gasteiger partial charge on any atom is 0.339 e. The fraction of sp³-hybridized carbons (Fsp3) is 0.333. The molecular formula is C15H18ClN5O3. The summed E-state index contributed by atoms with van der Waals surface area (Å²) < 4.78 is 5.12. The van der Waals surface area contributed by atoms with Crippen LogP contribution in [0.4, 0.5) is 11.6 Å². The number of carbonyl (C=O) groups excluding carboxylic acids is 2. The van der Waals surface area contributed by atoms with Gasteiger partial charge in [0.15, 0.2) is 0 Å². The quantitative estimate of drug-likeness (QED) is 0.685. The van der Waals surface area contributed by atoms with E-state index in [1.165, 1.54) is 12.1 Å². The summed E-state index contributed by atoms with van der Waals surface area (Å²) in [5, 5.41) is 9.27. The zero-order valence-corrected chi connectivity index (χ0v) is 14.1. The first-order valence-corrected chi connectivity index (χ1v) is 7.70. The standard InChI is InChI=1S/C15H18ClN5O3/c1-8(2)24-14(23)10-7-9(3-4-11(10)16)18-13(22)6-5-12-19-15(17)21-20-12/h3-4,7-8H,5-6H2,1-2H3,(H,18,22)(H3,17,19,20,21). The number of halogens is 1. The minimum Gasteiger partial charge on any atom is -0.459 e. The van der Waals surface area contributed by atoms with Crippen LogP contribution >= 0.6 is 11.6 Å². The van der Waals surface area contributed by atoms with Crippen LogP contribution in [0.3, 0.4) is 0 Å². The van der Waals surface area contributed by atoms with Crippen molar-refractivity contribution in [3.8, 4) is 0 Å². The van der Waals surface area contributed by atoms with Gasteiger partial charge in [-0.1, -0.05) is 11.6 Å². The molecule has 24 heavy (non-hydrogen) atoms. The first-order valence-electron chi connectivity index (χ1n) is 7.32. The minimum atomic E-state index is -0.539. The summed E-state index contributed by atoms with van der Waals surface area (Å²) in [6.07, 6.45) is 0.288. The number of aryl methyl sites for hydroxylation is 1. The molecule has 0 spiro atoms. The van der Waals surface area contributed by atoms with Gasteiger partial charge in [0.05, 0.1) is 16.7 Å². The van der Waals surface area contributed by atoms with Crippen molar-refractivity contribution in [3.05, 3.63) is 34.6 Å². The Morgan fingerprint density at radius 3 is 2.79 bits per heavy atom. The second-order valence-corrected chi connectivity index (χ2v) is 5.74. The minimum absolute atomic E-state index is 0.136. The van der Waals surface area contributed by atoms with Gasteiger partial charge in [-0.15, -0.1) is 5.10 Å². The average Bonchev–Trinajstić information content (AvgIpc) is 2.92. The molecule has 0 atom stereocenters. The lowest BCUT2D eigenvalue weighted by molar-refractivity contribution is -0.116. The molecule has 1 aromatic carbocycles. The van der Waals surface area contributed by atoms with E-state index in [1.807, 2.05) is 0 Å². The van der Waals surface area contributed by atoms with Crippen LogP contribution < -0.4 is 11.1 Å². The van der Waals surface area contributed by atoms with Crippen LogP contribution in [-0.2, 0) is 16.0 Å². The lowest BCUT2D eigenvalue weighted by Gasteiger charge is -2.11. The highest BCUT2D eigenvalue weighted by molar-refractivity contribution is 6.33. The molecule has 2 aromatic rings. The van der Waals surface area contributed by atoms with E-state index in [-0.39, 0.29) is 35.0 Å². The number of anilines is 2. The third-order valence-electron chi connectivity index (χ3n) is 2.95. The summed E-state index contributed by atoms with van der Waals surface area (Å²) in [5.41, 5.74) is 6.05. The number of aromatic amines is 1. The van der Waals surface area contributed by atoms with Gasteiger partial charge in [0.1, 0.15) is 5.82 Å². The lowest BCUT2D eigenvalue weighted by atomic mass is 10.2. The van der Waals surface area contributed by atoms with Gasteiger partial charge in [0.2, 0.25) is 11.9 Å². The maximum absolute atomic E-state index is 12.0. The average molecular weight is 352 g/mol. The Bertz CT molecular complexity index is 744. The van der Waals surface area contributed by atoms with E-state index in [9.17, 15) is 9.59 Å². The highest BCUT2D eigenvalue weighted by Gasteiger charge is 2.15. The Hall–Kier alpha value is -2.61. The third kappa shape index (κ3) is 4.95. The number of aromatic nitrogens is 3. The number of hydrogen-bond donors (Lipinski definition) is 3. The zero-order chi connectivity index (χ0) is 17.7. The monoisotopic (exact) mass is 351 g/mol. The van der Waals surface area contributed by atoms with Gasteiger partial charge >= 0.3 is 5.97 Å². The van der Waals surface area contributed by atoms with Crippen molar-refractivity contribution in [1.82, 2.24) is 15.2 Å². The summed E-state index contributed by atoms with van der Waals surface area (Å²) >= 11 is 6.01. The van der Waals surface area contributed by atoms with Gasteiger partial charge in [-0.25, -0.2) is 4.79 Å². The molecule has 128 valence electrons. The van der Waals surface area contributed by atoms with Gasteiger partial charge in [-0.3, -0.25) is 9.89 Å². The molecule has 0 bridgehead atoms. The van der Waals surface area contributed by atoms with Crippen LogP contribution in [0.25, 0.3) is 0 Å². The predicted octanol–water partition coefficient (Wildman–Crippen LogP) is 2.18. The Morgan fingerprint density at radius 2 is 2.17 bits per heavy atom. The number of nitrogens with one attached hydrogen (secondary N) is 2. The number of nitrogens with zero attached hydrogens (tertiary/aromatic N) is 2. The van der Waals surface area contributed by atoms with Gasteiger partial charge in [0, 0.05) is 18.5 Å². The van der Waals surface area contributed by atoms with Crippen molar-refractivity contribution in [1.29, 1.82) is 0 Å². The first-order chi connectivity index (χ1) is 11.3. The van der Waals surface area contributed by atoms with Crippen LogP contribution in [0, 0.1) is 0 Å². The van der Waals surface area contributed by atoms with Crippen LogP contribution in [0.1, 0.15) is 36.5 Å². The molecule has 0 unspecified atom stereocenters. The summed E-state index contributed by atoms with van der Waals surface area (Å²) in [5.74, 6) is -0.116. The third-order valence-corrected chi connectivity index (χ3v) is 3.28. The largest absolute Gasteiger partial charge is 0.459 e. The molecule has 1 heterocycles. The van der Waals surface area contributed by atoms with Crippen LogP contribution in [-0.4, -0.2) is 33.2 Å². The normalized spacial score (nSPS) is 10.7. The van der Waals surface area contributed by atoms with Crippen LogP contribution in [0.2, 0.25) is 5.02 Å². The molecule has 0 fully saturated rings. The van der Waals surface area contributed by atoms with Gasteiger partial charge in [-0.2, -0.15) is 4.98 Å². The molecular weight excluding hydrogens is 334 g/mol. The number of ether oxygens (including phenoxy) is 1. The van der Waals surface area contributed by atoms with Crippen molar-refractivity contribution in [2.45, 2.75) is 32.8 Å². The highest BCUT2D eigenvalue weighted by atomic mass is 35.5. The lowest BCUT2D eigenvalue weighted by Crippen LogP contribution is -2.15. The Morgan fingerprint density at radius 1 is 1.42 bits per heavy atom. The molecule has 1 aromatic heterocycles. The number of H-pyrrole nitrogens is 1. The van der Waals surface area contributed by atoms with Crippen molar-refractivity contribution in [3.63, 3.8) is 0 Å². The number of nitrogens with two attached hydrogens (primary N) is 1. The number of amides is 1. The fourth-order valence-electron chi connectivity index (χ4n) is 1.91. The van der Waals surface area contributed by atoms with Gasteiger partial charge < -0.3 is 15.8 Å². The summed E-state index contributed by atoms with van der Waals surface area (Å²) in [7, 11) is 0. The van der Waals surface area contributed by atoms with E-state index in [1.54, 1.807) is 19.9 Å². The van der Waals surface area contributed by atoms with Crippen molar-refractivity contribution in [2.75, 3.05) is 11.1 Å². The molecule has 0 aliphatic rings. The van der Waals surface area contributed by atoms with E-state index in [2.05, 4.69) is 20.5 Å². The smallest absolute Gasteiger partial charge is 0.339 e. The number of carbonyl (C=O) groups is 2. The number of esters is 1. The molecule has 2 rings (SSSR count). The second kappa shape index (κ2) is 7.78. The first kappa shape index (κ1) is 17.7. The van der Waals surface area contributed by atoms with E-state index in [0.29, 0.717) is 17.9 Å². The van der Waals surface area contributed by atoms with E-state index in [4.69, 9.17) is 22.1 Å². The van der Waals surface area contributed by atoms with E-state index < -0.39 is 5.97 Å². The van der Waals surface area contributed by atoms with Gasteiger partial charge in [-0.05, 0) is 32.0 Å². The van der Waals surface area contributed by atoms with Crippen LogP contribution in [0.15, 0.2) is 18.2 Å². The molecule has 0 radical (unpaired) electrons. The van der Waals surface area contributed by atoms with Gasteiger partial charge in [0.25, 0.3) is 0 Å². The molecule has 0 aliphatic carbocycles. The molecule has 0 saturated carbocycles. The Labute approximate surface area is 143 Å². The molecule has 9 heteroatoms. The van der Waals surface area contributed by atoms with Crippen molar-refractivity contribution < 1.29 is 14.3 Å². The van der Waals surface area contributed by atoms with E-state index in [0.717, 1.165) is 0 Å². The highest BCUT2D eigenvalue weighted by Crippen LogP contribution is 2.22. The fourth-order valence-corrected chi connectivity index (χ4v) is 2.11. The molecule has 1 amide bonds. The topological polar surface area (TPSA) is 123 Å². The molecule has 0 saturated heterocycles. The SMILES string of the molecule is CC(C)OC(=O)c1cc(NC(=O)CCc2nc(N)n[nH]2)ccc1Cl. The summed E-state index contributed by atoms with van der Waals surface area (Å²) in [6.45, 7) is 3.49. The van der Waals surface area contributed by atoms with Crippen molar-refractivity contribution >= 4 is 35.1 Å². The number of nitrogen functional groups attached to an aromatic ring is 1. The number of rotatable bonds is 6. The maximum atomic E-state index is 12.0.